The summed E-state index contributed by atoms with van der Waals surface area (Å²) in [6, 6.07) is 5.36. The molecule has 1 heterocycles. The highest BCUT2D eigenvalue weighted by atomic mass is 35.5. The second kappa shape index (κ2) is 4.44. The molecule has 3 nitrogen and oxygen atoms in total. The van der Waals surface area contributed by atoms with Gasteiger partial charge in [0, 0.05) is 5.02 Å². The molecule has 4 unspecified atom stereocenters. The number of fused-ring (bicyclic) bond motifs is 1. The number of hydrogen-bond donors (Lipinski definition) is 0. The smallest absolute Gasteiger partial charge is 0.238 e. The van der Waals surface area contributed by atoms with Crippen LogP contribution >= 0.6 is 11.6 Å². The number of halogens is 1. The molecule has 1 aromatic carbocycles. The Kier molecular flexibility index (Phi) is 2.77. The summed E-state index contributed by atoms with van der Waals surface area (Å²) in [6.45, 7) is 1.90. The summed E-state index contributed by atoms with van der Waals surface area (Å²) >= 11 is 6.05. The van der Waals surface area contributed by atoms with Gasteiger partial charge in [-0.15, -0.1) is 0 Å². The topological polar surface area (TPSA) is 37.4 Å². The molecule has 2 bridgehead atoms. The second-order valence-corrected chi connectivity index (χ2v) is 6.72. The van der Waals surface area contributed by atoms with Gasteiger partial charge in [-0.25, -0.2) is 4.90 Å². The first-order valence-electron chi connectivity index (χ1n) is 7.40. The third-order valence-electron chi connectivity index (χ3n) is 5.17. The Balaban J connectivity index is 1.80. The fourth-order valence-electron chi connectivity index (χ4n) is 4.14. The van der Waals surface area contributed by atoms with Gasteiger partial charge in [0.25, 0.3) is 0 Å². The van der Waals surface area contributed by atoms with Crippen molar-refractivity contribution in [3.8, 4) is 0 Å². The van der Waals surface area contributed by atoms with Gasteiger partial charge in [0.05, 0.1) is 17.5 Å². The summed E-state index contributed by atoms with van der Waals surface area (Å²) in [5.74, 6) is 0.0185. The van der Waals surface area contributed by atoms with Crippen LogP contribution in [0.5, 0.6) is 0 Å². The summed E-state index contributed by atoms with van der Waals surface area (Å²) in [7, 11) is 0. The predicted molar refractivity (Wildman–Crippen MR) is 81.0 cm³/mol. The normalized spacial score (nSPS) is 33.7. The first-order valence-corrected chi connectivity index (χ1v) is 7.78. The van der Waals surface area contributed by atoms with Crippen LogP contribution in [0.4, 0.5) is 5.69 Å². The Labute approximate surface area is 128 Å². The largest absolute Gasteiger partial charge is 0.274 e. The molecule has 1 aliphatic heterocycles. The predicted octanol–water partition coefficient (Wildman–Crippen LogP) is 3.35. The summed E-state index contributed by atoms with van der Waals surface area (Å²) in [4.78, 5) is 27.0. The van der Waals surface area contributed by atoms with Gasteiger partial charge in [-0.3, -0.25) is 9.59 Å². The molecule has 2 fully saturated rings. The maximum absolute atomic E-state index is 12.8. The molecule has 0 aromatic heterocycles. The zero-order chi connectivity index (χ0) is 14.7. The molecular formula is C17H16ClNO2. The van der Waals surface area contributed by atoms with E-state index in [1.165, 1.54) is 4.90 Å². The van der Waals surface area contributed by atoms with Crippen LogP contribution in [0.1, 0.15) is 18.4 Å². The maximum Gasteiger partial charge on any atom is 0.238 e. The van der Waals surface area contributed by atoms with Crippen molar-refractivity contribution >= 4 is 29.1 Å². The van der Waals surface area contributed by atoms with Crippen LogP contribution in [0, 0.1) is 30.6 Å². The molecular weight excluding hydrogens is 286 g/mol. The van der Waals surface area contributed by atoms with Crippen LogP contribution in [-0.2, 0) is 9.59 Å². The zero-order valence-corrected chi connectivity index (χ0v) is 12.5. The molecule has 0 spiro atoms. The van der Waals surface area contributed by atoms with Gasteiger partial charge < -0.3 is 0 Å². The van der Waals surface area contributed by atoms with Crippen molar-refractivity contribution in [2.45, 2.75) is 19.8 Å². The quantitative estimate of drug-likeness (QED) is 0.589. The Morgan fingerprint density at radius 3 is 2.14 bits per heavy atom. The Morgan fingerprint density at radius 2 is 1.62 bits per heavy atom. The van der Waals surface area contributed by atoms with Crippen molar-refractivity contribution in [2.24, 2.45) is 23.7 Å². The number of carbonyl (C=O) groups excluding carboxylic acids is 2. The highest BCUT2D eigenvalue weighted by molar-refractivity contribution is 6.31. The van der Waals surface area contributed by atoms with Crippen molar-refractivity contribution in [3.05, 3.63) is 40.9 Å². The number of aryl methyl sites for hydroxylation is 1. The van der Waals surface area contributed by atoms with E-state index in [-0.39, 0.29) is 35.5 Å². The summed E-state index contributed by atoms with van der Waals surface area (Å²) in [6.07, 6.45) is 6.30. The minimum atomic E-state index is -0.167. The number of benzene rings is 1. The number of amides is 2. The number of imide groups is 1. The van der Waals surface area contributed by atoms with Gasteiger partial charge in [0.2, 0.25) is 11.8 Å². The minimum Gasteiger partial charge on any atom is -0.274 e. The molecule has 21 heavy (non-hydrogen) atoms. The molecule has 0 N–H and O–H groups in total. The number of anilines is 1. The van der Waals surface area contributed by atoms with E-state index in [1.807, 2.05) is 13.0 Å². The van der Waals surface area contributed by atoms with Crippen LogP contribution in [0.15, 0.2) is 30.4 Å². The molecule has 1 aromatic rings. The molecule has 2 amide bonds. The van der Waals surface area contributed by atoms with Gasteiger partial charge in [-0.05, 0) is 49.3 Å². The average molecular weight is 302 g/mol. The highest BCUT2D eigenvalue weighted by Crippen LogP contribution is 2.50. The molecule has 0 radical (unpaired) electrons. The fraction of sp³-hybridized carbons (Fsp3) is 0.412. The Morgan fingerprint density at radius 1 is 1.05 bits per heavy atom. The lowest BCUT2D eigenvalue weighted by molar-refractivity contribution is -0.124. The van der Waals surface area contributed by atoms with E-state index in [0.29, 0.717) is 10.7 Å². The third-order valence-corrected chi connectivity index (χ3v) is 5.41. The van der Waals surface area contributed by atoms with Crippen molar-refractivity contribution in [2.75, 3.05) is 4.90 Å². The van der Waals surface area contributed by atoms with Crippen LogP contribution in [-0.4, -0.2) is 11.8 Å². The zero-order valence-electron chi connectivity index (χ0n) is 11.8. The van der Waals surface area contributed by atoms with Gasteiger partial charge in [0.1, 0.15) is 0 Å². The van der Waals surface area contributed by atoms with Crippen LogP contribution in [0.3, 0.4) is 0 Å². The summed E-state index contributed by atoms with van der Waals surface area (Å²) in [5, 5.41) is 0.548. The maximum atomic E-state index is 12.8. The van der Waals surface area contributed by atoms with Crippen LogP contribution in [0.25, 0.3) is 0 Å². The van der Waals surface area contributed by atoms with Gasteiger partial charge in [0.15, 0.2) is 0 Å². The van der Waals surface area contributed by atoms with E-state index >= 15 is 0 Å². The molecule has 4 heteroatoms. The molecule has 1 saturated heterocycles. The standard InChI is InChI=1S/C17H16ClNO2/c1-9-2-7-12(18)8-13(9)19-16(20)14-10-3-4-11(6-5-10)15(14)17(19)21/h2-4,7-8,10-11,14-15H,5-6H2,1H3. The van der Waals surface area contributed by atoms with E-state index in [4.69, 9.17) is 11.6 Å². The monoisotopic (exact) mass is 301 g/mol. The summed E-state index contributed by atoms with van der Waals surface area (Å²) in [5.41, 5.74) is 1.55. The Bertz CT molecular complexity index is 649. The van der Waals surface area contributed by atoms with E-state index in [9.17, 15) is 9.59 Å². The molecule has 108 valence electrons. The molecule has 5 rings (SSSR count). The number of rotatable bonds is 1. The van der Waals surface area contributed by atoms with E-state index in [1.54, 1.807) is 12.1 Å². The van der Waals surface area contributed by atoms with Gasteiger partial charge >= 0.3 is 0 Å². The van der Waals surface area contributed by atoms with Crippen molar-refractivity contribution in [3.63, 3.8) is 0 Å². The molecule has 3 aliphatic carbocycles. The molecule has 4 aliphatic rings. The van der Waals surface area contributed by atoms with E-state index < -0.39 is 0 Å². The van der Waals surface area contributed by atoms with Crippen molar-refractivity contribution < 1.29 is 9.59 Å². The van der Waals surface area contributed by atoms with Crippen molar-refractivity contribution in [1.29, 1.82) is 0 Å². The van der Waals surface area contributed by atoms with Gasteiger partial charge in [-0.2, -0.15) is 0 Å². The lowest BCUT2D eigenvalue weighted by Crippen LogP contribution is -2.38. The van der Waals surface area contributed by atoms with Crippen LogP contribution in [0.2, 0.25) is 5.02 Å². The molecule has 1 saturated carbocycles. The lowest BCUT2D eigenvalue weighted by atomic mass is 9.63. The van der Waals surface area contributed by atoms with Crippen LogP contribution < -0.4 is 4.90 Å². The lowest BCUT2D eigenvalue weighted by Gasteiger charge is -2.38. The SMILES string of the molecule is Cc1ccc(Cl)cc1N1C(=O)C2C3C=CC(CC3)C2C1=O. The second-order valence-electron chi connectivity index (χ2n) is 6.28. The fourth-order valence-corrected chi connectivity index (χ4v) is 4.30. The number of carbonyl (C=O) groups is 2. The molecule has 4 atom stereocenters. The van der Waals surface area contributed by atoms with E-state index in [0.717, 1.165) is 18.4 Å². The Hall–Kier alpha value is -1.61. The highest BCUT2D eigenvalue weighted by Gasteiger charge is 2.57. The average Bonchev–Trinajstić information content (AvgIpc) is 2.77. The first kappa shape index (κ1) is 13.1. The number of hydrogen-bond acceptors (Lipinski definition) is 2. The van der Waals surface area contributed by atoms with Crippen molar-refractivity contribution in [1.82, 2.24) is 0 Å². The number of allylic oxidation sites excluding steroid dienone is 2. The van der Waals surface area contributed by atoms with E-state index in [2.05, 4.69) is 12.2 Å². The minimum absolute atomic E-state index is 0.0468. The third kappa shape index (κ3) is 1.73. The first-order chi connectivity index (χ1) is 10.1. The number of nitrogens with zero attached hydrogens (tertiary/aromatic N) is 1. The summed E-state index contributed by atoms with van der Waals surface area (Å²) < 4.78 is 0. The van der Waals surface area contributed by atoms with Gasteiger partial charge in [-0.1, -0.05) is 29.8 Å².